The van der Waals surface area contributed by atoms with Crippen LogP contribution in [0.25, 0.3) is 0 Å². The van der Waals surface area contributed by atoms with E-state index in [0.29, 0.717) is 25.3 Å². The second-order valence-electron chi connectivity index (χ2n) is 3.39. The third-order valence-electron chi connectivity index (χ3n) is 2.01. The zero-order valence-corrected chi connectivity index (χ0v) is 9.58. The summed E-state index contributed by atoms with van der Waals surface area (Å²) in [7, 11) is 0. The molecule has 4 N–H and O–H groups in total. The lowest BCUT2D eigenvalue weighted by Gasteiger charge is -2.08. The highest BCUT2D eigenvalue weighted by molar-refractivity contribution is 5.76. The van der Waals surface area contributed by atoms with Gasteiger partial charge in [-0.15, -0.1) is 0 Å². The Kier molecular flexibility index (Phi) is 4.50. The van der Waals surface area contributed by atoms with E-state index in [1.54, 1.807) is 6.20 Å². The van der Waals surface area contributed by atoms with Gasteiger partial charge in [0.15, 0.2) is 0 Å². The fourth-order valence-electron chi connectivity index (χ4n) is 1.21. The van der Waals surface area contributed by atoms with Crippen LogP contribution >= 0.6 is 0 Å². The molecule has 0 saturated heterocycles. The number of anilines is 2. The van der Waals surface area contributed by atoms with E-state index in [4.69, 9.17) is 5.73 Å². The first-order valence-corrected chi connectivity index (χ1v) is 5.23. The third kappa shape index (κ3) is 3.72. The van der Waals surface area contributed by atoms with E-state index in [1.807, 2.05) is 13.8 Å². The lowest BCUT2D eigenvalue weighted by molar-refractivity contribution is -0.120. The van der Waals surface area contributed by atoms with Gasteiger partial charge >= 0.3 is 0 Å². The van der Waals surface area contributed by atoms with Gasteiger partial charge in [-0.3, -0.25) is 4.79 Å². The number of aromatic nitrogens is 2. The lowest BCUT2D eigenvalue weighted by Crippen LogP contribution is -2.25. The Morgan fingerprint density at radius 2 is 2.31 bits per heavy atom. The summed E-state index contributed by atoms with van der Waals surface area (Å²) in [5, 5.41) is 5.77. The molecule has 6 heteroatoms. The molecular weight excluding hydrogens is 206 g/mol. The van der Waals surface area contributed by atoms with Crippen molar-refractivity contribution in [3.8, 4) is 0 Å². The van der Waals surface area contributed by atoms with Gasteiger partial charge in [-0.2, -0.15) is 4.98 Å². The largest absolute Gasteiger partial charge is 0.369 e. The van der Waals surface area contributed by atoms with Gasteiger partial charge in [0.2, 0.25) is 11.9 Å². The van der Waals surface area contributed by atoms with Crippen molar-refractivity contribution in [2.24, 2.45) is 0 Å². The van der Waals surface area contributed by atoms with E-state index in [2.05, 4.69) is 20.6 Å². The number of amides is 1. The van der Waals surface area contributed by atoms with Crippen molar-refractivity contribution in [2.45, 2.75) is 20.3 Å². The van der Waals surface area contributed by atoms with Gasteiger partial charge in [0.05, 0.1) is 0 Å². The number of carbonyl (C=O) groups is 1. The highest BCUT2D eigenvalue weighted by atomic mass is 16.1. The summed E-state index contributed by atoms with van der Waals surface area (Å²) in [6.07, 6.45) is 2.06. The maximum absolute atomic E-state index is 11.2. The zero-order valence-electron chi connectivity index (χ0n) is 9.58. The van der Waals surface area contributed by atoms with E-state index >= 15 is 0 Å². The Balaban J connectivity index is 2.42. The molecule has 0 fully saturated rings. The van der Waals surface area contributed by atoms with E-state index in [9.17, 15) is 4.79 Å². The molecule has 88 valence electrons. The number of rotatable bonds is 5. The van der Waals surface area contributed by atoms with Gasteiger partial charge in [-0.05, 0) is 13.8 Å². The molecule has 0 bridgehead atoms. The van der Waals surface area contributed by atoms with Gasteiger partial charge in [0.25, 0.3) is 0 Å². The third-order valence-corrected chi connectivity index (χ3v) is 2.01. The fourth-order valence-corrected chi connectivity index (χ4v) is 1.21. The lowest BCUT2D eigenvalue weighted by atomic mass is 10.3. The Morgan fingerprint density at radius 3 is 3.00 bits per heavy atom. The Labute approximate surface area is 94.7 Å². The first-order valence-electron chi connectivity index (χ1n) is 5.23. The normalized spacial score (nSPS) is 9.88. The summed E-state index contributed by atoms with van der Waals surface area (Å²) in [6, 6.07) is 0. The molecule has 1 rings (SSSR count). The van der Waals surface area contributed by atoms with Crippen LogP contribution in [-0.2, 0) is 4.79 Å². The number of hydrogen-bond acceptors (Lipinski definition) is 5. The fraction of sp³-hybridized carbons (Fsp3) is 0.500. The molecule has 6 nitrogen and oxygen atoms in total. The maximum atomic E-state index is 11.2. The van der Waals surface area contributed by atoms with Crippen molar-refractivity contribution < 1.29 is 4.79 Å². The average molecular weight is 223 g/mol. The first-order chi connectivity index (χ1) is 7.63. The molecule has 0 aliphatic rings. The standard InChI is InChI=1S/C10H17N5O/c1-3-12-8(16)4-5-13-9-7(2)6-14-10(11)15-9/h6H,3-5H2,1-2H3,(H,12,16)(H3,11,13,14,15). The van der Waals surface area contributed by atoms with Crippen LogP contribution in [0.2, 0.25) is 0 Å². The molecule has 1 amide bonds. The smallest absolute Gasteiger partial charge is 0.221 e. The first kappa shape index (κ1) is 12.2. The van der Waals surface area contributed by atoms with Crippen LogP contribution in [0.4, 0.5) is 11.8 Å². The Morgan fingerprint density at radius 1 is 1.56 bits per heavy atom. The van der Waals surface area contributed by atoms with Crippen LogP contribution in [0, 0.1) is 6.92 Å². The highest BCUT2D eigenvalue weighted by Gasteiger charge is 2.03. The molecule has 0 atom stereocenters. The van der Waals surface area contributed by atoms with E-state index in [0.717, 1.165) is 5.56 Å². The molecule has 1 aromatic heterocycles. The molecule has 0 saturated carbocycles. The zero-order chi connectivity index (χ0) is 12.0. The SMILES string of the molecule is CCNC(=O)CCNc1nc(N)ncc1C. The van der Waals surface area contributed by atoms with Crippen molar-refractivity contribution >= 4 is 17.7 Å². The van der Waals surface area contributed by atoms with E-state index in [1.165, 1.54) is 0 Å². The van der Waals surface area contributed by atoms with Crippen LogP contribution in [0.5, 0.6) is 0 Å². The van der Waals surface area contributed by atoms with Crippen LogP contribution in [0.3, 0.4) is 0 Å². The van der Waals surface area contributed by atoms with Gasteiger partial charge in [-0.1, -0.05) is 0 Å². The summed E-state index contributed by atoms with van der Waals surface area (Å²) in [6.45, 7) is 4.95. The topological polar surface area (TPSA) is 92.9 Å². The van der Waals surface area contributed by atoms with Crippen LogP contribution in [-0.4, -0.2) is 29.0 Å². The maximum Gasteiger partial charge on any atom is 0.221 e. The minimum absolute atomic E-state index is 0.0229. The van der Waals surface area contributed by atoms with Gasteiger partial charge in [-0.25, -0.2) is 4.98 Å². The summed E-state index contributed by atoms with van der Waals surface area (Å²) in [4.78, 5) is 19.1. The second kappa shape index (κ2) is 5.89. The molecule has 0 aliphatic carbocycles. The second-order valence-corrected chi connectivity index (χ2v) is 3.39. The van der Waals surface area contributed by atoms with Gasteiger partial charge < -0.3 is 16.4 Å². The Bertz CT molecular complexity index is 366. The number of nitrogens with two attached hydrogens (primary N) is 1. The minimum atomic E-state index is 0.0229. The average Bonchev–Trinajstić information content (AvgIpc) is 2.23. The van der Waals surface area contributed by atoms with Crippen LogP contribution < -0.4 is 16.4 Å². The van der Waals surface area contributed by atoms with E-state index in [-0.39, 0.29) is 11.9 Å². The molecule has 0 aliphatic heterocycles. The molecule has 0 aromatic carbocycles. The number of hydrogen-bond donors (Lipinski definition) is 3. The van der Waals surface area contributed by atoms with Crippen molar-refractivity contribution in [1.29, 1.82) is 0 Å². The van der Waals surface area contributed by atoms with Gasteiger partial charge in [0, 0.05) is 31.3 Å². The Hall–Kier alpha value is -1.85. The number of nitrogens with one attached hydrogen (secondary N) is 2. The monoisotopic (exact) mass is 223 g/mol. The number of nitrogen functional groups attached to an aromatic ring is 1. The van der Waals surface area contributed by atoms with E-state index < -0.39 is 0 Å². The minimum Gasteiger partial charge on any atom is -0.369 e. The van der Waals surface area contributed by atoms with Crippen molar-refractivity contribution in [1.82, 2.24) is 15.3 Å². The van der Waals surface area contributed by atoms with Crippen LogP contribution in [0.1, 0.15) is 18.9 Å². The molecule has 1 heterocycles. The number of aryl methyl sites for hydroxylation is 1. The molecule has 0 spiro atoms. The predicted octanol–water partition coefficient (Wildman–Crippen LogP) is 0.305. The molecule has 16 heavy (non-hydrogen) atoms. The summed E-state index contributed by atoms with van der Waals surface area (Å²) >= 11 is 0. The summed E-state index contributed by atoms with van der Waals surface area (Å²) < 4.78 is 0. The predicted molar refractivity (Wildman–Crippen MR) is 63.0 cm³/mol. The molecule has 0 unspecified atom stereocenters. The van der Waals surface area contributed by atoms with Crippen molar-refractivity contribution in [3.63, 3.8) is 0 Å². The number of carbonyl (C=O) groups excluding carboxylic acids is 1. The molecular formula is C10H17N5O. The highest BCUT2D eigenvalue weighted by Crippen LogP contribution is 2.10. The molecule has 0 radical (unpaired) electrons. The summed E-state index contributed by atoms with van der Waals surface area (Å²) in [5.74, 6) is 0.928. The van der Waals surface area contributed by atoms with Crippen LogP contribution in [0.15, 0.2) is 6.20 Å². The van der Waals surface area contributed by atoms with Crippen molar-refractivity contribution in [3.05, 3.63) is 11.8 Å². The number of nitrogens with zero attached hydrogens (tertiary/aromatic N) is 2. The molecule has 1 aromatic rings. The van der Waals surface area contributed by atoms with Crippen molar-refractivity contribution in [2.75, 3.05) is 24.1 Å². The quantitative estimate of drug-likeness (QED) is 0.668. The summed E-state index contributed by atoms with van der Waals surface area (Å²) in [5.41, 5.74) is 6.37. The van der Waals surface area contributed by atoms with Gasteiger partial charge in [0.1, 0.15) is 5.82 Å².